The quantitative estimate of drug-likeness (QED) is 0.336. The molecule has 1 aromatic heterocycles. The van der Waals surface area contributed by atoms with E-state index in [-0.39, 0.29) is 17.0 Å². The minimum Gasteiger partial charge on any atom is -0.459 e. The van der Waals surface area contributed by atoms with E-state index in [0.29, 0.717) is 11.5 Å². The van der Waals surface area contributed by atoms with Gasteiger partial charge in [-0.3, -0.25) is 9.59 Å². The molecule has 4 rings (SSSR count). The molecule has 0 atom stereocenters. The predicted octanol–water partition coefficient (Wildman–Crippen LogP) is 6.60. The molecule has 0 saturated heterocycles. The zero-order valence-corrected chi connectivity index (χ0v) is 17.4. The van der Waals surface area contributed by atoms with Gasteiger partial charge in [0.05, 0.1) is 17.5 Å². The molecular weight excluding hydrogens is 449 g/mol. The Balaban J connectivity index is 1.49. The average molecular weight is 466 g/mol. The highest BCUT2D eigenvalue weighted by Gasteiger charge is 2.34. The maximum absolute atomic E-state index is 13.7. The lowest BCUT2D eigenvalue weighted by Crippen LogP contribution is -2.18. The van der Waals surface area contributed by atoms with Crippen LogP contribution in [-0.2, 0) is 6.18 Å². The standard InChI is InChI=1S/C25H17F3N2O4/c26-25(27,28)20-15-17(29-24(32)22-7-4-14-33-22)10-13-21(20)30-23(31)16-8-11-19(12-9-16)34-18-5-2-1-3-6-18/h1-15H,(H,29,32)(H,30,31). The number of benzene rings is 3. The molecule has 0 aliphatic rings. The Labute approximate surface area is 192 Å². The Hall–Kier alpha value is -4.53. The maximum Gasteiger partial charge on any atom is 0.418 e. The van der Waals surface area contributed by atoms with E-state index in [1.165, 1.54) is 36.6 Å². The molecule has 2 amide bonds. The fourth-order valence-electron chi connectivity index (χ4n) is 3.06. The number of halogens is 3. The number of amides is 2. The Bertz CT molecular complexity index is 1290. The molecule has 0 aliphatic heterocycles. The molecule has 2 N–H and O–H groups in total. The summed E-state index contributed by atoms with van der Waals surface area (Å²) in [6.45, 7) is 0. The van der Waals surface area contributed by atoms with Crippen LogP contribution < -0.4 is 15.4 Å². The first-order chi connectivity index (χ1) is 16.3. The van der Waals surface area contributed by atoms with Crippen LogP contribution in [0.2, 0.25) is 0 Å². The van der Waals surface area contributed by atoms with Crippen LogP contribution >= 0.6 is 0 Å². The number of rotatable bonds is 6. The van der Waals surface area contributed by atoms with Crippen LogP contribution in [0.5, 0.6) is 11.5 Å². The summed E-state index contributed by atoms with van der Waals surface area (Å²) in [4.78, 5) is 24.6. The van der Waals surface area contributed by atoms with E-state index in [4.69, 9.17) is 9.15 Å². The zero-order chi connectivity index (χ0) is 24.1. The summed E-state index contributed by atoms with van der Waals surface area (Å²) in [6.07, 6.45) is -3.50. The van der Waals surface area contributed by atoms with Crippen molar-refractivity contribution in [3.63, 3.8) is 0 Å². The highest BCUT2D eigenvalue weighted by molar-refractivity contribution is 6.05. The summed E-state index contributed by atoms with van der Waals surface area (Å²) in [7, 11) is 0. The Morgan fingerprint density at radius 1 is 0.765 bits per heavy atom. The van der Waals surface area contributed by atoms with Crippen molar-refractivity contribution in [3.8, 4) is 11.5 Å². The third-order valence-electron chi connectivity index (χ3n) is 4.67. The highest BCUT2D eigenvalue weighted by atomic mass is 19.4. The van der Waals surface area contributed by atoms with Gasteiger partial charge in [0, 0.05) is 11.3 Å². The molecule has 0 radical (unpaired) electrons. The van der Waals surface area contributed by atoms with Crippen molar-refractivity contribution in [3.05, 3.63) is 108 Å². The molecule has 3 aromatic carbocycles. The lowest BCUT2D eigenvalue weighted by molar-refractivity contribution is -0.136. The van der Waals surface area contributed by atoms with E-state index in [1.54, 1.807) is 24.3 Å². The number of hydrogen-bond donors (Lipinski definition) is 2. The van der Waals surface area contributed by atoms with Crippen molar-refractivity contribution in [2.45, 2.75) is 6.18 Å². The predicted molar refractivity (Wildman–Crippen MR) is 119 cm³/mol. The smallest absolute Gasteiger partial charge is 0.418 e. The van der Waals surface area contributed by atoms with E-state index >= 15 is 0 Å². The Kier molecular flexibility index (Phi) is 6.35. The summed E-state index contributed by atoms with van der Waals surface area (Å²) in [5, 5.41) is 4.62. The van der Waals surface area contributed by atoms with Crippen LogP contribution in [0.1, 0.15) is 26.5 Å². The van der Waals surface area contributed by atoms with Crippen molar-refractivity contribution in [1.29, 1.82) is 0 Å². The molecule has 0 bridgehead atoms. The fraction of sp³-hybridized carbons (Fsp3) is 0.0400. The van der Waals surface area contributed by atoms with Gasteiger partial charge in [-0.2, -0.15) is 13.2 Å². The van der Waals surface area contributed by atoms with Crippen LogP contribution in [-0.4, -0.2) is 11.8 Å². The van der Waals surface area contributed by atoms with Crippen molar-refractivity contribution >= 4 is 23.2 Å². The number of hydrogen-bond acceptors (Lipinski definition) is 4. The van der Waals surface area contributed by atoms with E-state index < -0.39 is 29.2 Å². The van der Waals surface area contributed by atoms with Crippen LogP contribution in [0.3, 0.4) is 0 Å². The second-order valence-electron chi connectivity index (χ2n) is 7.08. The second-order valence-corrected chi connectivity index (χ2v) is 7.08. The lowest BCUT2D eigenvalue weighted by atomic mass is 10.1. The van der Waals surface area contributed by atoms with Crippen LogP contribution in [0.15, 0.2) is 95.6 Å². The topological polar surface area (TPSA) is 80.6 Å². The monoisotopic (exact) mass is 466 g/mol. The Morgan fingerprint density at radius 2 is 1.47 bits per heavy atom. The number of alkyl halides is 3. The minimum absolute atomic E-state index is 0.0503. The van der Waals surface area contributed by atoms with Gasteiger partial charge in [-0.25, -0.2) is 0 Å². The van der Waals surface area contributed by atoms with Crippen molar-refractivity contribution < 1.29 is 31.9 Å². The number of furan rings is 1. The molecule has 6 nitrogen and oxygen atoms in total. The number of carbonyl (C=O) groups excluding carboxylic acids is 2. The van der Waals surface area contributed by atoms with Crippen LogP contribution in [0.4, 0.5) is 24.5 Å². The van der Waals surface area contributed by atoms with Gasteiger partial charge in [0.15, 0.2) is 5.76 Å². The molecule has 9 heteroatoms. The normalized spacial score (nSPS) is 11.0. The molecule has 0 fully saturated rings. The fourth-order valence-corrected chi connectivity index (χ4v) is 3.06. The zero-order valence-electron chi connectivity index (χ0n) is 17.4. The molecular formula is C25H17F3N2O4. The van der Waals surface area contributed by atoms with Crippen molar-refractivity contribution in [2.24, 2.45) is 0 Å². The van der Waals surface area contributed by atoms with E-state index in [0.717, 1.165) is 12.1 Å². The highest BCUT2D eigenvalue weighted by Crippen LogP contribution is 2.37. The molecule has 34 heavy (non-hydrogen) atoms. The number of anilines is 2. The van der Waals surface area contributed by atoms with Gasteiger partial charge in [-0.05, 0) is 66.7 Å². The van der Waals surface area contributed by atoms with Gasteiger partial charge in [0.1, 0.15) is 11.5 Å². The summed E-state index contributed by atoms with van der Waals surface area (Å²) in [5.74, 6) is -0.411. The summed E-state index contributed by atoms with van der Waals surface area (Å²) in [6, 6.07) is 20.9. The number of nitrogens with one attached hydrogen (secondary N) is 2. The summed E-state index contributed by atoms with van der Waals surface area (Å²) < 4.78 is 51.5. The van der Waals surface area contributed by atoms with E-state index in [9.17, 15) is 22.8 Å². The number of ether oxygens (including phenoxy) is 1. The van der Waals surface area contributed by atoms with Gasteiger partial charge >= 0.3 is 6.18 Å². The maximum atomic E-state index is 13.7. The third kappa shape index (κ3) is 5.44. The molecule has 0 aliphatic carbocycles. The van der Waals surface area contributed by atoms with Gasteiger partial charge in [-0.15, -0.1) is 0 Å². The first kappa shape index (κ1) is 22.7. The molecule has 0 spiro atoms. The third-order valence-corrected chi connectivity index (χ3v) is 4.67. The largest absolute Gasteiger partial charge is 0.459 e. The molecule has 0 saturated carbocycles. The van der Waals surface area contributed by atoms with E-state index in [1.807, 2.05) is 18.2 Å². The first-order valence-corrected chi connectivity index (χ1v) is 10.00. The number of para-hydroxylation sites is 1. The summed E-state index contributed by atoms with van der Waals surface area (Å²) >= 11 is 0. The van der Waals surface area contributed by atoms with Gasteiger partial charge in [0.2, 0.25) is 0 Å². The average Bonchev–Trinajstić information content (AvgIpc) is 3.36. The van der Waals surface area contributed by atoms with Gasteiger partial charge in [0.25, 0.3) is 11.8 Å². The second kappa shape index (κ2) is 9.53. The molecule has 172 valence electrons. The summed E-state index contributed by atoms with van der Waals surface area (Å²) in [5.41, 5.74) is -1.52. The van der Waals surface area contributed by atoms with E-state index in [2.05, 4.69) is 10.6 Å². The molecule has 4 aromatic rings. The first-order valence-electron chi connectivity index (χ1n) is 10.00. The minimum atomic E-state index is -4.78. The number of carbonyl (C=O) groups is 2. The van der Waals surface area contributed by atoms with Crippen LogP contribution in [0.25, 0.3) is 0 Å². The Morgan fingerprint density at radius 3 is 2.12 bits per heavy atom. The van der Waals surface area contributed by atoms with Crippen LogP contribution in [0, 0.1) is 0 Å². The van der Waals surface area contributed by atoms with Gasteiger partial charge in [-0.1, -0.05) is 18.2 Å². The molecule has 1 heterocycles. The molecule has 0 unspecified atom stereocenters. The van der Waals surface area contributed by atoms with Crippen molar-refractivity contribution in [1.82, 2.24) is 0 Å². The lowest BCUT2D eigenvalue weighted by Gasteiger charge is -2.16. The van der Waals surface area contributed by atoms with Gasteiger partial charge < -0.3 is 19.8 Å². The SMILES string of the molecule is O=C(Nc1ccc(NC(=O)c2ccco2)cc1C(F)(F)F)c1ccc(Oc2ccccc2)cc1. The van der Waals surface area contributed by atoms with Crippen molar-refractivity contribution in [2.75, 3.05) is 10.6 Å².